The van der Waals surface area contributed by atoms with Crippen LogP contribution in [-0.4, -0.2) is 87.2 Å². The van der Waals surface area contributed by atoms with E-state index in [1.54, 1.807) is 25.2 Å². The van der Waals surface area contributed by atoms with Crippen LogP contribution in [0.4, 0.5) is 0 Å². The fourth-order valence-electron chi connectivity index (χ4n) is 3.60. The highest BCUT2D eigenvalue weighted by Crippen LogP contribution is 2.17. The molecule has 2 N–H and O–H groups in total. The molecule has 156 valence electrons. The minimum atomic E-state index is -0.161. The minimum Gasteiger partial charge on any atom is -0.379 e. The van der Waals surface area contributed by atoms with Gasteiger partial charge in [-0.15, -0.1) is 24.0 Å². The molecule has 1 aromatic carbocycles. The summed E-state index contributed by atoms with van der Waals surface area (Å²) in [6, 6.07) is 7.62. The molecule has 2 fully saturated rings. The van der Waals surface area contributed by atoms with Gasteiger partial charge in [0.25, 0.3) is 5.91 Å². The van der Waals surface area contributed by atoms with Gasteiger partial charge in [-0.2, -0.15) is 0 Å². The van der Waals surface area contributed by atoms with E-state index in [0.717, 1.165) is 51.8 Å². The number of carbonyl (C=O) groups excluding carboxylic acids is 1. The van der Waals surface area contributed by atoms with Crippen molar-refractivity contribution in [2.45, 2.75) is 12.5 Å². The molecule has 1 unspecified atom stereocenters. The third-order valence-electron chi connectivity index (χ3n) is 5.05. The van der Waals surface area contributed by atoms with Crippen LogP contribution in [0.5, 0.6) is 0 Å². The molecule has 2 saturated heterocycles. The Kier molecular flexibility index (Phi) is 9.76. The summed E-state index contributed by atoms with van der Waals surface area (Å²) in [6.07, 6.45) is 1.14. The zero-order valence-electron chi connectivity index (χ0n) is 16.2. The van der Waals surface area contributed by atoms with Gasteiger partial charge in [0.2, 0.25) is 0 Å². The maximum Gasteiger partial charge on any atom is 0.252 e. The zero-order valence-corrected chi connectivity index (χ0v) is 19.3. The Bertz CT molecular complexity index is 669. The number of nitrogens with zero attached hydrogens (tertiary/aromatic N) is 3. The van der Waals surface area contributed by atoms with E-state index in [-0.39, 0.29) is 29.9 Å². The normalized spacial score (nSPS) is 20.6. The summed E-state index contributed by atoms with van der Waals surface area (Å²) < 4.78 is 5.44. The molecule has 0 saturated carbocycles. The Morgan fingerprint density at radius 2 is 1.93 bits per heavy atom. The third kappa shape index (κ3) is 6.20. The van der Waals surface area contributed by atoms with Crippen molar-refractivity contribution in [1.29, 1.82) is 0 Å². The predicted molar refractivity (Wildman–Crippen MR) is 123 cm³/mol. The number of likely N-dealkylation sites (tertiary alicyclic amines) is 1. The van der Waals surface area contributed by atoms with Crippen molar-refractivity contribution in [2.75, 3.05) is 59.5 Å². The highest BCUT2D eigenvalue weighted by molar-refractivity contribution is 14.0. The number of aliphatic imine (C=N–C) groups is 1. The van der Waals surface area contributed by atoms with Gasteiger partial charge in [-0.25, -0.2) is 0 Å². The molecule has 0 aliphatic carbocycles. The lowest BCUT2D eigenvalue weighted by molar-refractivity contribution is 0.0195. The number of ether oxygens (including phenoxy) is 1. The molecule has 7 nitrogen and oxygen atoms in total. The van der Waals surface area contributed by atoms with Crippen LogP contribution in [0.1, 0.15) is 16.8 Å². The van der Waals surface area contributed by atoms with Gasteiger partial charge in [0.05, 0.1) is 23.8 Å². The number of morpholine rings is 1. The molecule has 1 aromatic rings. The van der Waals surface area contributed by atoms with Gasteiger partial charge < -0.3 is 20.3 Å². The molecule has 2 aliphatic heterocycles. The number of rotatable bonds is 5. The van der Waals surface area contributed by atoms with Crippen LogP contribution in [0.15, 0.2) is 29.3 Å². The lowest BCUT2D eigenvalue weighted by atomic mass is 10.2. The van der Waals surface area contributed by atoms with Crippen LogP contribution in [0, 0.1) is 0 Å². The number of hydrogen-bond donors (Lipinski definition) is 2. The van der Waals surface area contributed by atoms with Crippen molar-refractivity contribution >= 4 is 47.4 Å². The number of hydrogen-bond acceptors (Lipinski definition) is 4. The van der Waals surface area contributed by atoms with Crippen molar-refractivity contribution in [3.05, 3.63) is 34.9 Å². The van der Waals surface area contributed by atoms with Crippen LogP contribution in [0.25, 0.3) is 0 Å². The first-order chi connectivity index (χ1) is 13.2. The van der Waals surface area contributed by atoms with E-state index >= 15 is 0 Å². The molecule has 28 heavy (non-hydrogen) atoms. The van der Waals surface area contributed by atoms with Gasteiger partial charge >= 0.3 is 0 Å². The van der Waals surface area contributed by atoms with E-state index in [4.69, 9.17) is 16.3 Å². The zero-order chi connectivity index (χ0) is 19.1. The summed E-state index contributed by atoms with van der Waals surface area (Å²) >= 11 is 6.05. The van der Waals surface area contributed by atoms with Gasteiger partial charge in [0, 0.05) is 52.4 Å². The molecule has 2 heterocycles. The van der Waals surface area contributed by atoms with Crippen molar-refractivity contribution in [1.82, 2.24) is 20.4 Å². The fraction of sp³-hybridized carbons (Fsp3) is 0.579. The summed E-state index contributed by atoms with van der Waals surface area (Å²) in [6.45, 7) is 6.77. The number of halogens is 2. The topological polar surface area (TPSA) is 69.2 Å². The fourth-order valence-corrected chi connectivity index (χ4v) is 3.82. The maximum absolute atomic E-state index is 12.2. The van der Waals surface area contributed by atoms with E-state index in [2.05, 4.69) is 25.4 Å². The maximum atomic E-state index is 12.2. The van der Waals surface area contributed by atoms with Crippen LogP contribution in [0.3, 0.4) is 0 Å². The van der Waals surface area contributed by atoms with Gasteiger partial charge in [-0.1, -0.05) is 23.7 Å². The van der Waals surface area contributed by atoms with Crippen molar-refractivity contribution in [3.63, 3.8) is 0 Å². The molecule has 3 rings (SSSR count). The molecule has 1 atom stereocenters. The number of benzene rings is 1. The first-order valence-electron chi connectivity index (χ1n) is 9.49. The summed E-state index contributed by atoms with van der Waals surface area (Å²) in [5.41, 5.74) is 0.497. The molecule has 1 amide bonds. The number of carbonyl (C=O) groups is 1. The Labute approximate surface area is 188 Å². The molecule has 9 heteroatoms. The summed E-state index contributed by atoms with van der Waals surface area (Å²) in [4.78, 5) is 21.4. The average Bonchev–Trinajstić information content (AvgIpc) is 3.19. The molecular formula is C19H29ClIN5O2. The molecule has 2 aliphatic rings. The summed E-state index contributed by atoms with van der Waals surface area (Å²) in [5.74, 6) is 0.726. The second-order valence-electron chi connectivity index (χ2n) is 6.75. The van der Waals surface area contributed by atoms with Crippen molar-refractivity contribution in [2.24, 2.45) is 4.99 Å². The van der Waals surface area contributed by atoms with Gasteiger partial charge in [-0.05, 0) is 18.6 Å². The van der Waals surface area contributed by atoms with Crippen LogP contribution in [0.2, 0.25) is 5.02 Å². The van der Waals surface area contributed by atoms with Gasteiger partial charge in [-0.3, -0.25) is 14.7 Å². The van der Waals surface area contributed by atoms with Gasteiger partial charge in [0.1, 0.15) is 0 Å². The molecular weight excluding hydrogens is 493 g/mol. The van der Waals surface area contributed by atoms with Crippen LogP contribution >= 0.6 is 35.6 Å². The Balaban J connectivity index is 0.00000280. The van der Waals surface area contributed by atoms with Crippen molar-refractivity contribution in [3.8, 4) is 0 Å². The Morgan fingerprint density at radius 1 is 1.21 bits per heavy atom. The Morgan fingerprint density at radius 3 is 2.64 bits per heavy atom. The highest BCUT2D eigenvalue weighted by atomic mass is 127. The van der Waals surface area contributed by atoms with Gasteiger partial charge in [0.15, 0.2) is 5.96 Å². The standard InChI is InChI=1S/C19H28ClN5O2.HI/c1-21-19(25-9-6-15(14-25)24-10-12-27-13-11-24)23-8-7-22-18(26)16-4-2-3-5-17(16)20;/h2-5,15H,6-14H2,1H3,(H,21,23)(H,22,26);1H. The monoisotopic (exact) mass is 521 g/mol. The Hall–Kier alpha value is -1.10. The molecule has 0 aromatic heterocycles. The summed E-state index contributed by atoms with van der Waals surface area (Å²) in [7, 11) is 1.80. The average molecular weight is 522 g/mol. The SMILES string of the molecule is CN=C(NCCNC(=O)c1ccccc1Cl)N1CCC(N2CCOCC2)C1.I. The second-order valence-corrected chi connectivity index (χ2v) is 7.15. The van der Waals surface area contributed by atoms with E-state index in [1.165, 1.54) is 0 Å². The quantitative estimate of drug-likeness (QED) is 0.267. The predicted octanol–water partition coefficient (Wildman–Crippen LogP) is 1.67. The number of guanidine groups is 1. The first kappa shape index (κ1) is 23.2. The van der Waals surface area contributed by atoms with E-state index in [0.29, 0.717) is 29.7 Å². The van der Waals surface area contributed by atoms with E-state index in [1.807, 2.05) is 6.07 Å². The largest absolute Gasteiger partial charge is 0.379 e. The number of nitrogens with one attached hydrogen (secondary N) is 2. The summed E-state index contributed by atoms with van der Waals surface area (Å²) in [5, 5.41) is 6.69. The second kappa shape index (κ2) is 11.8. The molecule has 0 bridgehead atoms. The highest BCUT2D eigenvalue weighted by Gasteiger charge is 2.30. The third-order valence-corrected chi connectivity index (χ3v) is 5.38. The van der Waals surface area contributed by atoms with Crippen molar-refractivity contribution < 1.29 is 9.53 Å². The smallest absolute Gasteiger partial charge is 0.252 e. The first-order valence-corrected chi connectivity index (χ1v) is 9.87. The lowest BCUT2D eigenvalue weighted by Crippen LogP contribution is -2.47. The lowest BCUT2D eigenvalue weighted by Gasteiger charge is -2.32. The minimum absolute atomic E-state index is 0. The van der Waals surface area contributed by atoms with E-state index < -0.39 is 0 Å². The van der Waals surface area contributed by atoms with Crippen LogP contribution in [-0.2, 0) is 4.74 Å². The van der Waals surface area contributed by atoms with E-state index in [9.17, 15) is 4.79 Å². The number of amides is 1. The molecule has 0 radical (unpaired) electrons. The molecule has 0 spiro atoms. The van der Waals surface area contributed by atoms with Crippen LogP contribution < -0.4 is 10.6 Å².